The van der Waals surface area contributed by atoms with E-state index in [1.165, 1.54) is 19.3 Å². The van der Waals surface area contributed by atoms with Crippen molar-refractivity contribution in [1.29, 1.82) is 0 Å². The van der Waals surface area contributed by atoms with Crippen LogP contribution in [0.4, 0.5) is 0 Å². The molecule has 2 nitrogen and oxygen atoms in total. The minimum absolute atomic E-state index is 0.700. The third-order valence-electron chi connectivity index (χ3n) is 4.76. The number of rotatable bonds is 7. The van der Waals surface area contributed by atoms with Crippen LogP contribution in [0, 0.1) is 17.8 Å². The molecular formula is C19H31NO. The number of hydrogen-bond acceptors (Lipinski definition) is 2. The standard InChI is InChI=1S/C19H31NO/c1-15(2)18-11-10-16(3)14-19(18)20-12-7-13-21-17-8-5-4-6-9-17/h4-6,8-9,15-16,18-20H,7,10-14H2,1-3H3. The molecule has 1 aromatic carbocycles. The van der Waals surface area contributed by atoms with E-state index >= 15 is 0 Å². The van der Waals surface area contributed by atoms with Gasteiger partial charge >= 0.3 is 0 Å². The minimum Gasteiger partial charge on any atom is -0.494 e. The quantitative estimate of drug-likeness (QED) is 0.746. The van der Waals surface area contributed by atoms with Crippen LogP contribution in [0.1, 0.15) is 46.5 Å². The summed E-state index contributed by atoms with van der Waals surface area (Å²) in [6, 6.07) is 10.8. The summed E-state index contributed by atoms with van der Waals surface area (Å²) in [4.78, 5) is 0. The Morgan fingerprint density at radius 1 is 1.19 bits per heavy atom. The maximum Gasteiger partial charge on any atom is 0.119 e. The lowest BCUT2D eigenvalue weighted by Crippen LogP contribution is -2.43. The van der Waals surface area contributed by atoms with Gasteiger partial charge in [0, 0.05) is 6.04 Å². The first kappa shape index (κ1) is 16.4. The molecule has 0 radical (unpaired) electrons. The van der Waals surface area contributed by atoms with Crippen molar-refractivity contribution in [3.63, 3.8) is 0 Å². The summed E-state index contributed by atoms with van der Waals surface area (Å²) in [7, 11) is 0. The molecule has 21 heavy (non-hydrogen) atoms. The summed E-state index contributed by atoms with van der Waals surface area (Å²) in [6.45, 7) is 8.99. The Morgan fingerprint density at radius 3 is 2.67 bits per heavy atom. The Morgan fingerprint density at radius 2 is 1.95 bits per heavy atom. The molecule has 1 aliphatic rings. The molecule has 1 aromatic rings. The molecule has 1 aliphatic carbocycles. The van der Waals surface area contributed by atoms with Gasteiger partial charge in [-0.05, 0) is 55.7 Å². The Balaban J connectivity index is 1.66. The van der Waals surface area contributed by atoms with Gasteiger partial charge in [0.15, 0.2) is 0 Å². The summed E-state index contributed by atoms with van der Waals surface area (Å²) in [5, 5.41) is 3.79. The number of ether oxygens (including phenoxy) is 1. The number of hydrogen-bond donors (Lipinski definition) is 1. The van der Waals surface area contributed by atoms with E-state index in [0.717, 1.165) is 43.1 Å². The zero-order valence-electron chi connectivity index (χ0n) is 13.8. The van der Waals surface area contributed by atoms with E-state index in [1.807, 2.05) is 30.3 Å². The van der Waals surface area contributed by atoms with Gasteiger partial charge < -0.3 is 10.1 Å². The van der Waals surface area contributed by atoms with Gasteiger partial charge in [0.25, 0.3) is 0 Å². The molecule has 0 bridgehead atoms. The van der Waals surface area contributed by atoms with Gasteiger partial charge in [-0.25, -0.2) is 0 Å². The van der Waals surface area contributed by atoms with Crippen LogP contribution in [-0.4, -0.2) is 19.2 Å². The summed E-state index contributed by atoms with van der Waals surface area (Å²) < 4.78 is 5.75. The number of para-hydroxylation sites is 1. The SMILES string of the molecule is CC1CCC(C(C)C)C(NCCCOc2ccccc2)C1. The van der Waals surface area contributed by atoms with Crippen LogP contribution in [0.15, 0.2) is 30.3 Å². The van der Waals surface area contributed by atoms with E-state index in [-0.39, 0.29) is 0 Å². The molecule has 2 rings (SSSR count). The highest BCUT2D eigenvalue weighted by molar-refractivity contribution is 5.20. The smallest absolute Gasteiger partial charge is 0.119 e. The second-order valence-corrected chi connectivity index (χ2v) is 6.90. The lowest BCUT2D eigenvalue weighted by molar-refractivity contribution is 0.168. The van der Waals surface area contributed by atoms with Crippen molar-refractivity contribution >= 4 is 0 Å². The maximum absolute atomic E-state index is 5.75. The topological polar surface area (TPSA) is 21.3 Å². The van der Waals surface area contributed by atoms with E-state index in [2.05, 4.69) is 26.1 Å². The minimum atomic E-state index is 0.700. The first-order chi connectivity index (χ1) is 10.2. The average molecular weight is 289 g/mol. The van der Waals surface area contributed by atoms with Crippen molar-refractivity contribution < 1.29 is 4.74 Å². The summed E-state index contributed by atoms with van der Waals surface area (Å²) >= 11 is 0. The maximum atomic E-state index is 5.75. The van der Waals surface area contributed by atoms with Gasteiger partial charge in [-0.1, -0.05) is 45.4 Å². The van der Waals surface area contributed by atoms with Crippen LogP contribution in [0.5, 0.6) is 5.75 Å². The second-order valence-electron chi connectivity index (χ2n) is 6.90. The fourth-order valence-electron chi connectivity index (χ4n) is 3.50. The molecule has 3 atom stereocenters. The predicted molar refractivity (Wildman–Crippen MR) is 89.7 cm³/mol. The third-order valence-corrected chi connectivity index (χ3v) is 4.76. The molecule has 1 N–H and O–H groups in total. The molecular weight excluding hydrogens is 258 g/mol. The fraction of sp³-hybridized carbons (Fsp3) is 0.684. The van der Waals surface area contributed by atoms with Crippen LogP contribution in [0.25, 0.3) is 0 Å². The summed E-state index contributed by atoms with van der Waals surface area (Å²) in [5.74, 6) is 3.48. The van der Waals surface area contributed by atoms with E-state index in [1.54, 1.807) is 0 Å². The third kappa shape index (κ3) is 5.35. The van der Waals surface area contributed by atoms with Gasteiger partial charge in [0.05, 0.1) is 6.61 Å². The molecule has 3 unspecified atom stereocenters. The van der Waals surface area contributed by atoms with Crippen LogP contribution < -0.4 is 10.1 Å². The van der Waals surface area contributed by atoms with Crippen LogP contribution in [0.2, 0.25) is 0 Å². The lowest BCUT2D eigenvalue weighted by Gasteiger charge is -2.38. The highest BCUT2D eigenvalue weighted by Crippen LogP contribution is 2.33. The molecule has 0 spiro atoms. The zero-order valence-corrected chi connectivity index (χ0v) is 13.8. The largest absolute Gasteiger partial charge is 0.494 e. The van der Waals surface area contributed by atoms with Crippen molar-refractivity contribution in [1.82, 2.24) is 5.32 Å². The average Bonchev–Trinajstić information content (AvgIpc) is 2.48. The van der Waals surface area contributed by atoms with E-state index < -0.39 is 0 Å². The molecule has 0 saturated heterocycles. The Kier molecular flexibility index (Phi) is 6.56. The van der Waals surface area contributed by atoms with Crippen LogP contribution in [0.3, 0.4) is 0 Å². The fourth-order valence-corrected chi connectivity index (χ4v) is 3.50. The highest BCUT2D eigenvalue weighted by Gasteiger charge is 2.29. The number of nitrogens with one attached hydrogen (secondary N) is 1. The lowest BCUT2D eigenvalue weighted by atomic mass is 9.74. The van der Waals surface area contributed by atoms with E-state index in [9.17, 15) is 0 Å². The number of benzene rings is 1. The Bertz CT molecular complexity index is 390. The molecule has 118 valence electrons. The van der Waals surface area contributed by atoms with Crippen molar-refractivity contribution in [2.24, 2.45) is 17.8 Å². The molecule has 0 aromatic heterocycles. The summed E-state index contributed by atoms with van der Waals surface area (Å²) in [5.41, 5.74) is 0. The van der Waals surface area contributed by atoms with Gasteiger partial charge in [-0.3, -0.25) is 0 Å². The summed E-state index contributed by atoms with van der Waals surface area (Å²) in [6.07, 6.45) is 5.20. The monoisotopic (exact) mass is 289 g/mol. The van der Waals surface area contributed by atoms with Gasteiger partial charge in [-0.15, -0.1) is 0 Å². The molecule has 0 heterocycles. The zero-order chi connectivity index (χ0) is 15.1. The Labute approximate surface area is 130 Å². The van der Waals surface area contributed by atoms with Crippen molar-refractivity contribution in [2.45, 2.75) is 52.5 Å². The molecule has 0 amide bonds. The molecule has 2 heteroatoms. The van der Waals surface area contributed by atoms with Crippen molar-refractivity contribution in [2.75, 3.05) is 13.2 Å². The van der Waals surface area contributed by atoms with Crippen LogP contribution in [-0.2, 0) is 0 Å². The van der Waals surface area contributed by atoms with Gasteiger partial charge in [0.1, 0.15) is 5.75 Å². The molecule has 1 fully saturated rings. The highest BCUT2D eigenvalue weighted by atomic mass is 16.5. The molecule has 1 saturated carbocycles. The molecule has 0 aliphatic heterocycles. The van der Waals surface area contributed by atoms with E-state index in [0.29, 0.717) is 6.04 Å². The van der Waals surface area contributed by atoms with Gasteiger partial charge in [-0.2, -0.15) is 0 Å². The first-order valence-corrected chi connectivity index (χ1v) is 8.58. The predicted octanol–water partition coefficient (Wildman–Crippen LogP) is 4.51. The van der Waals surface area contributed by atoms with E-state index in [4.69, 9.17) is 4.74 Å². The normalized spacial score (nSPS) is 26.0. The van der Waals surface area contributed by atoms with Gasteiger partial charge in [0.2, 0.25) is 0 Å². The Hall–Kier alpha value is -1.02. The first-order valence-electron chi connectivity index (χ1n) is 8.58. The van der Waals surface area contributed by atoms with Crippen LogP contribution >= 0.6 is 0 Å². The van der Waals surface area contributed by atoms with Crippen molar-refractivity contribution in [3.8, 4) is 5.75 Å². The second kappa shape index (κ2) is 8.43. The van der Waals surface area contributed by atoms with Crippen molar-refractivity contribution in [3.05, 3.63) is 30.3 Å².